The monoisotopic (exact) mass is 329 g/mol. The Labute approximate surface area is 133 Å². The van der Waals surface area contributed by atoms with Crippen molar-refractivity contribution in [2.45, 2.75) is 38.1 Å². The molecule has 0 heterocycles. The number of benzene rings is 1. The first kappa shape index (κ1) is 16.1. The first-order valence-electron chi connectivity index (χ1n) is 6.92. The molecule has 114 valence electrons. The highest BCUT2D eigenvalue weighted by atomic mass is 35.5. The smallest absolute Gasteiger partial charge is 0.306 e. The van der Waals surface area contributed by atoms with Gasteiger partial charge < -0.3 is 10.4 Å². The van der Waals surface area contributed by atoms with E-state index in [9.17, 15) is 9.59 Å². The van der Waals surface area contributed by atoms with Crippen LogP contribution < -0.4 is 5.32 Å². The van der Waals surface area contributed by atoms with Gasteiger partial charge in [-0.2, -0.15) is 0 Å². The molecule has 1 aromatic carbocycles. The fraction of sp³-hybridized carbons (Fsp3) is 0.467. The number of rotatable bonds is 4. The minimum absolute atomic E-state index is 0.0473. The summed E-state index contributed by atoms with van der Waals surface area (Å²) in [4.78, 5) is 22.9. The van der Waals surface area contributed by atoms with Crippen molar-refractivity contribution in [2.75, 3.05) is 0 Å². The molecule has 21 heavy (non-hydrogen) atoms. The molecule has 0 unspecified atom stereocenters. The summed E-state index contributed by atoms with van der Waals surface area (Å²) in [5, 5.41) is 12.9. The average molecular weight is 330 g/mol. The minimum Gasteiger partial charge on any atom is -0.481 e. The van der Waals surface area contributed by atoms with Gasteiger partial charge in [0.05, 0.1) is 12.3 Å². The average Bonchev–Trinajstić information content (AvgIpc) is 2.43. The molecule has 0 saturated heterocycles. The van der Waals surface area contributed by atoms with Crippen molar-refractivity contribution in [3.63, 3.8) is 0 Å². The second kappa shape index (κ2) is 7.14. The summed E-state index contributed by atoms with van der Waals surface area (Å²) in [5.74, 6) is -1.14. The molecule has 1 amide bonds. The topological polar surface area (TPSA) is 66.4 Å². The molecule has 0 aromatic heterocycles. The molecule has 1 aliphatic carbocycles. The van der Waals surface area contributed by atoms with E-state index in [1.807, 2.05) is 0 Å². The van der Waals surface area contributed by atoms with Crippen molar-refractivity contribution in [1.82, 2.24) is 5.32 Å². The lowest BCUT2D eigenvalue weighted by Gasteiger charge is -2.26. The molecule has 1 saturated carbocycles. The molecule has 4 nitrogen and oxygen atoms in total. The van der Waals surface area contributed by atoms with Crippen molar-refractivity contribution in [1.29, 1.82) is 0 Å². The highest BCUT2D eigenvalue weighted by Crippen LogP contribution is 2.25. The van der Waals surface area contributed by atoms with Gasteiger partial charge >= 0.3 is 5.97 Å². The molecule has 1 aromatic rings. The van der Waals surface area contributed by atoms with Crippen LogP contribution in [0.1, 0.15) is 31.2 Å². The van der Waals surface area contributed by atoms with Gasteiger partial charge in [-0.25, -0.2) is 0 Å². The highest BCUT2D eigenvalue weighted by Gasteiger charge is 2.26. The van der Waals surface area contributed by atoms with Gasteiger partial charge in [0.25, 0.3) is 0 Å². The van der Waals surface area contributed by atoms with Crippen LogP contribution in [0.5, 0.6) is 0 Å². The number of halogens is 2. The third kappa shape index (κ3) is 4.61. The number of hydrogen-bond acceptors (Lipinski definition) is 2. The van der Waals surface area contributed by atoms with Gasteiger partial charge in [-0.15, -0.1) is 0 Å². The standard InChI is InChI=1S/C15H17Cl2NO3/c16-11-3-6-13(17)10(7-11)8-14(19)18-12-4-1-9(2-5-12)15(20)21/h3,6-7,9,12H,1-2,4-5,8H2,(H,18,19)(H,20,21). The SMILES string of the molecule is O=C(Cc1cc(Cl)ccc1Cl)NC1CCC(C(=O)O)CC1. The fourth-order valence-electron chi connectivity index (χ4n) is 2.62. The number of amides is 1. The number of nitrogens with one attached hydrogen (secondary N) is 1. The van der Waals surface area contributed by atoms with Crippen LogP contribution in [0.15, 0.2) is 18.2 Å². The van der Waals surface area contributed by atoms with Crippen LogP contribution in [-0.4, -0.2) is 23.0 Å². The molecule has 0 spiro atoms. The summed E-state index contributed by atoms with van der Waals surface area (Å²) in [6.45, 7) is 0. The van der Waals surface area contributed by atoms with Crippen molar-refractivity contribution in [2.24, 2.45) is 5.92 Å². The maximum atomic E-state index is 12.0. The van der Waals surface area contributed by atoms with Gasteiger partial charge in [-0.1, -0.05) is 23.2 Å². The quantitative estimate of drug-likeness (QED) is 0.890. The molecular weight excluding hydrogens is 313 g/mol. The summed E-state index contributed by atoms with van der Waals surface area (Å²) < 4.78 is 0. The largest absolute Gasteiger partial charge is 0.481 e. The van der Waals surface area contributed by atoms with E-state index in [0.29, 0.717) is 41.3 Å². The van der Waals surface area contributed by atoms with Gasteiger partial charge in [0.2, 0.25) is 5.91 Å². The Hall–Kier alpha value is -1.26. The zero-order chi connectivity index (χ0) is 15.4. The van der Waals surface area contributed by atoms with Crippen molar-refractivity contribution in [3.05, 3.63) is 33.8 Å². The van der Waals surface area contributed by atoms with E-state index in [-0.39, 0.29) is 24.3 Å². The Bertz CT molecular complexity index is 540. The molecule has 0 bridgehead atoms. The third-order valence-electron chi connectivity index (χ3n) is 3.80. The second-order valence-corrected chi connectivity index (χ2v) is 6.21. The fourth-order valence-corrected chi connectivity index (χ4v) is 2.99. The van der Waals surface area contributed by atoms with Gasteiger partial charge in [0, 0.05) is 16.1 Å². The summed E-state index contributed by atoms with van der Waals surface area (Å²) in [6.07, 6.45) is 2.80. The van der Waals surface area contributed by atoms with E-state index < -0.39 is 5.97 Å². The summed E-state index contributed by atoms with van der Waals surface area (Å²) in [5.41, 5.74) is 0.695. The zero-order valence-corrected chi connectivity index (χ0v) is 13.0. The summed E-state index contributed by atoms with van der Waals surface area (Å²) in [7, 11) is 0. The molecule has 0 aliphatic heterocycles. The lowest BCUT2D eigenvalue weighted by Crippen LogP contribution is -2.39. The van der Waals surface area contributed by atoms with Crippen LogP contribution in [0.4, 0.5) is 0 Å². The van der Waals surface area contributed by atoms with Gasteiger partial charge in [0.15, 0.2) is 0 Å². The Balaban J connectivity index is 1.85. The van der Waals surface area contributed by atoms with Gasteiger partial charge in [-0.3, -0.25) is 9.59 Å². The van der Waals surface area contributed by atoms with E-state index in [1.54, 1.807) is 18.2 Å². The molecule has 1 fully saturated rings. The predicted molar refractivity (Wildman–Crippen MR) is 81.7 cm³/mol. The first-order valence-corrected chi connectivity index (χ1v) is 7.67. The lowest BCUT2D eigenvalue weighted by atomic mass is 9.86. The van der Waals surface area contributed by atoms with Crippen LogP contribution in [0.2, 0.25) is 10.0 Å². The van der Waals surface area contributed by atoms with Crippen LogP contribution in [0, 0.1) is 5.92 Å². The number of carboxylic acid groups (broad SMARTS) is 1. The molecule has 1 aliphatic rings. The second-order valence-electron chi connectivity index (χ2n) is 5.37. The maximum absolute atomic E-state index is 12.0. The van der Waals surface area contributed by atoms with E-state index in [0.717, 1.165) is 0 Å². The van der Waals surface area contributed by atoms with Crippen LogP contribution in [0.3, 0.4) is 0 Å². The van der Waals surface area contributed by atoms with E-state index in [4.69, 9.17) is 28.3 Å². The Morgan fingerprint density at radius 1 is 1.19 bits per heavy atom. The first-order chi connectivity index (χ1) is 9.95. The van der Waals surface area contributed by atoms with Crippen LogP contribution >= 0.6 is 23.2 Å². The van der Waals surface area contributed by atoms with Crippen LogP contribution in [-0.2, 0) is 16.0 Å². The van der Waals surface area contributed by atoms with E-state index >= 15 is 0 Å². The highest BCUT2D eigenvalue weighted by molar-refractivity contribution is 6.33. The Kier molecular flexibility index (Phi) is 5.48. The van der Waals surface area contributed by atoms with Crippen molar-refractivity contribution >= 4 is 35.1 Å². The van der Waals surface area contributed by atoms with Crippen molar-refractivity contribution < 1.29 is 14.7 Å². The zero-order valence-electron chi connectivity index (χ0n) is 11.4. The minimum atomic E-state index is -0.745. The number of carbonyl (C=O) groups is 2. The van der Waals surface area contributed by atoms with E-state index in [2.05, 4.69) is 5.32 Å². The van der Waals surface area contributed by atoms with Crippen LogP contribution in [0.25, 0.3) is 0 Å². The molecular formula is C15H17Cl2NO3. The Morgan fingerprint density at radius 2 is 1.86 bits per heavy atom. The normalized spacial score (nSPS) is 21.8. The van der Waals surface area contributed by atoms with Gasteiger partial charge in [-0.05, 0) is 49.4 Å². The number of carbonyl (C=O) groups excluding carboxylic acids is 1. The maximum Gasteiger partial charge on any atom is 0.306 e. The molecule has 6 heteroatoms. The summed E-state index contributed by atoms with van der Waals surface area (Å²) >= 11 is 11.9. The molecule has 0 radical (unpaired) electrons. The number of aliphatic carboxylic acids is 1. The number of hydrogen-bond donors (Lipinski definition) is 2. The van der Waals surface area contributed by atoms with Crippen molar-refractivity contribution in [3.8, 4) is 0 Å². The Morgan fingerprint density at radius 3 is 2.48 bits per heavy atom. The van der Waals surface area contributed by atoms with Gasteiger partial charge in [0.1, 0.15) is 0 Å². The summed E-state index contributed by atoms with van der Waals surface area (Å²) in [6, 6.07) is 5.08. The predicted octanol–water partition coefficient (Wildman–Crippen LogP) is 3.30. The molecule has 2 rings (SSSR count). The third-order valence-corrected chi connectivity index (χ3v) is 4.40. The van der Waals surface area contributed by atoms with E-state index in [1.165, 1.54) is 0 Å². The molecule has 0 atom stereocenters. The molecule has 2 N–H and O–H groups in total. The lowest BCUT2D eigenvalue weighted by molar-refractivity contribution is -0.142. The number of carboxylic acids is 1.